The zero-order chi connectivity index (χ0) is 17.4. The fraction of sp³-hybridized carbons (Fsp3) is 0.125. The Morgan fingerprint density at radius 1 is 0.880 bits per heavy atom. The van der Waals surface area contributed by atoms with Gasteiger partial charge in [0.25, 0.3) is 0 Å². The summed E-state index contributed by atoms with van der Waals surface area (Å²) in [6.45, 7) is 2.07. The summed E-state index contributed by atoms with van der Waals surface area (Å²) in [5.74, 6) is 2.95. The Balaban J connectivity index is 1.97. The third-order valence-electron chi connectivity index (χ3n) is 5.00. The van der Waals surface area contributed by atoms with E-state index < -0.39 is 0 Å². The lowest BCUT2D eigenvalue weighted by Gasteiger charge is -2.31. The smallest absolute Gasteiger partial charge is 0.193 e. The van der Waals surface area contributed by atoms with Gasteiger partial charge in [0.05, 0.1) is 5.92 Å². The highest BCUT2D eigenvalue weighted by Gasteiger charge is 2.35. The zero-order valence-electron chi connectivity index (χ0n) is 14.1. The average molecular weight is 322 g/mol. The number of carbonyl (C=O) groups is 1. The van der Waals surface area contributed by atoms with Crippen LogP contribution in [-0.4, -0.2) is 5.78 Å². The summed E-state index contributed by atoms with van der Waals surface area (Å²) in [4.78, 5) is 12.9. The summed E-state index contributed by atoms with van der Waals surface area (Å²) in [5, 5.41) is 0. The lowest BCUT2D eigenvalue weighted by atomic mass is 9.70. The molecule has 0 fully saturated rings. The lowest BCUT2D eigenvalue weighted by Crippen LogP contribution is -2.23. The van der Waals surface area contributed by atoms with E-state index in [0.29, 0.717) is 0 Å². The SMILES string of the molecule is C#C[C@@H](c1cccc(C)c1)C1c2ccccc2C(=O)c2ccccc21. The van der Waals surface area contributed by atoms with Crippen LogP contribution in [0.25, 0.3) is 0 Å². The van der Waals surface area contributed by atoms with Crippen LogP contribution in [0.3, 0.4) is 0 Å². The third kappa shape index (κ3) is 2.47. The molecule has 0 aromatic heterocycles. The monoisotopic (exact) mass is 322 g/mol. The van der Waals surface area contributed by atoms with Gasteiger partial charge in [-0.2, -0.15) is 0 Å². The van der Waals surface area contributed by atoms with E-state index in [1.807, 2.05) is 54.6 Å². The first kappa shape index (κ1) is 15.4. The first-order valence-electron chi connectivity index (χ1n) is 8.46. The molecular formula is C24H18O. The number of hydrogen-bond donors (Lipinski definition) is 0. The predicted octanol–water partition coefficient (Wildman–Crippen LogP) is 5.09. The van der Waals surface area contributed by atoms with Crippen molar-refractivity contribution in [3.8, 4) is 12.3 Å². The number of carbonyl (C=O) groups excluding carboxylic acids is 1. The largest absolute Gasteiger partial charge is 0.289 e. The maximum atomic E-state index is 12.9. The van der Waals surface area contributed by atoms with Crippen molar-refractivity contribution in [1.29, 1.82) is 0 Å². The second-order valence-electron chi connectivity index (χ2n) is 6.54. The van der Waals surface area contributed by atoms with Crippen LogP contribution in [0.1, 0.15) is 50.0 Å². The van der Waals surface area contributed by atoms with Gasteiger partial charge in [-0.25, -0.2) is 0 Å². The van der Waals surface area contributed by atoms with Crippen LogP contribution in [0, 0.1) is 19.3 Å². The predicted molar refractivity (Wildman–Crippen MR) is 101 cm³/mol. The molecule has 0 N–H and O–H groups in total. The van der Waals surface area contributed by atoms with E-state index in [2.05, 4.69) is 31.0 Å². The molecule has 4 rings (SSSR count). The highest BCUT2D eigenvalue weighted by molar-refractivity contribution is 6.12. The summed E-state index contributed by atoms with van der Waals surface area (Å²) in [6.07, 6.45) is 6.00. The first-order chi connectivity index (χ1) is 12.2. The van der Waals surface area contributed by atoms with Gasteiger partial charge in [-0.3, -0.25) is 4.79 Å². The topological polar surface area (TPSA) is 17.1 Å². The first-order valence-corrected chi connectivity index (χ1v) is 8.46. The molecule has 0 spiro atoms. The van der Waals surface area contributed by atoms with Gasteiger partial charge in [0.2, 0.25) is 0 Å². The van der Waals surface area contributed by atoms with Gasteiger partial charge < -0.3 is 0 Å². The van der Waals surface area contributed by atoms with Gasteiger partial charge in [-0.1, -0.05) is 84.3 Å². The van der Waals surface area contributed by atoms with E-state index in [1.54, 1.807) is 0 Å². The van der Waals surface area contributed by atoms with Gasteiger partial charge in [-0.05, 0) is 23.6 Å². The second kappa shape index (κ2) is 6.07. The average Bonchev–Trinajstić information content (AvgIpc) is 2.65. The second-order valence-corrected chi connectivity index (χ2v) is 6.54. The van der Waals surface area contributed by atoms with Crippen LogP contribution >= 0.6 is 0 Å². The maximum absolute atomic E-state index is 12.9. The van der Waals surface area contributed by atoms with E-state index in [4.69, 9.17) is 6.42 Å². The van der Waals surface area contributed by atoms with Gasteiger partial charge in [0.15, 0.2) is 5.78 Å². The Bertz CT molecular complexity index is 957. The third-order valence-corrected chi connectivity index (χ3v) is 5.00. The molecule has 0 heterocycles. The Morgan fingerprint density at radius 3 is 2.04 bits per heavy atom. The number of hydrogen-bond acceptors (Lipinski definition) is 1. The molecule has 0 saturated carbocycles. The van der Waals surface area contributed by atoms with E-state index in [1.165, 1.54) is 5.56 Å². The molecule has 0 bridgehead atoms. The van der Waals surface area contributed by atoms with Crippen molar-refractivity contribution in [3.05, 3.63) is 106 Å². The Hall–Kier alpha value is -3.11. The molecule has 1 nitrogen and oxygen atoms in total. The van der Waals surface area contributed by atoms with Crippen LogP contribution in [0.4, 0.5) is 0 Å². The summed E-state index contributed by atoms with van der Waals surface area (Å²) >= 11 is 0. The van der Waals surface area contributed by atoms with Crippen LogP contribution in [0.15, 0.2) is 72.8 Å². The summed E-state index contributed by atoms with van der Waals surface area (Å²) < 4.78 is 0. The lowest BCUT2D eigenvalue weighted by molar-refractivity contribution is 0.103. The van der Waals surface area contributed by atoms with E-state index in [9.17, 15) is 4.79 Å². The van der Waals surface area contributed by atoms with Crippen molar-refractivity contribution in [2.75, 3.05) is 0 Å². The molecule has 1 aliphatic carbocycles. The van der Waals surface area contributed by atoms with Crippen LogP contribution in [0.5, 0.6) is 0 Å². The molecule has 3 aromatic carbocycles. The molecule has 0 radical (unpaired) electrons. The van der Waals surface area contributed by atoms with E-state index >= 15 is 0 Å². The van der Waals surface area contributed by atoms with Gasteiger partial charge in [-0.15, -0.1) is 6.42 Å². The highest BCUT2D eigenvalue weighted by atomic mass is 16.1. The Kier molecular flexibility index (Phi) is 3.75. The Labute approximate surface area is 148 Å². The number of aryl methyl sites for hydroxylation is 1. The molecular weight excluding hydrogens is 304 g/mol. The number of terminal acetylenes is 1. The standard InChI is InChI=1S/C24H18O/c1-3-18(17-10-8-9-16(2)15-17)23-19-11-4-6-13-21(19)24(25)22-14-7-5-12-20(22)23/h1,4-15,18,23H,2H3/t18-/m0/s1. The molecule has 0 amide bonds. The molecule has 0 aliphatic heterocycles. The minimum Gasteiger partial charge on any atom is -0.289 e. The molecule has 3 aromatic rings. The maximum Gasteiger partial charge on any atom is 0.193 e. The van der Waals surface area contributed by atoms with Crippen molar-refractivity contribution in [1.82, 2.24) is 0 Å². The molecule has 1 heteroatoms. The van der Waals surface area contributed by atoms with Crippen LogP contribution < -0.4 is 0 Å². The van der Waals surface area contributed by atoms with Crippen molar-refractivity contribution < 1.29 is 4.79 Å². The van der Waals surface area contributed by atoms with Gasteiger partial charge in [0.1, 0.15) is 0 Å². The van der Waals surface area contributed by atoms with Crippen LogP contribution in [-0.2, 0) is 0 Å². The molecule has 25 heavy (non-hydrogen) atoms. The fourth-order valence-corrected chi connectivity index (χ4v) is 3.87. The van der Waals surface area contributed by atoms with Crippen molar-refractivity contribution in [3.63, 3.8) is 0 Å². The molecule has 1 atom stereocenters. The minimum absolute atomic E-state index is 0.0168. The van der Waals surface area contributed by atoms with Crippen LogP contribution in [0.2, 0.25) is 0 Å². The number of ketones is 1. The van der Waals surface area contributed by atoms with Gasteiger partial charge >= 0.3 is 0 Å². The summed E-state index contributed by atoms with van der Waals surface area (Å²) in [5.41, 5.74) is 5.88. The minimum atomic E-state index is -0.115. The normalized spacial score (nSPS) is 14.3. The molecule has 1 aliphatic rings. The number of rotatable bonds is 2. The zero-order valence-corrected chi connectivity index (χ0v) is 14.1. The number of fused-ring (bicyclic) bond motifs is 2. The van der Waals surface area contributed by atoms with Gasteiger partial charge in [0, 0.05) is 17.0 Å². The number of benzene rings is 3. The highest BCUT2D eigenvalue weighted by Crippen LogP contribution is 2.44. The van der Waals surface area contributed by atoms with Crippen molar-refractivity contribution in [2.24, 2.45) is 0 Å². The van der Waals surface area contributed by atoms with Crippen molar-refractivity contribution >= 4 is 5.78 Å². The van der Waals surface area contributed by atoms with E-state index in [0.717, 1.165) is 27.8 Å². The molecule has 0 saturated heterocycles. The molecule has 120 valence electrons. The van der Waals surface area contributed by atoms with E-state index in [-0.39, 0.29) is 17.6 Å². The molecule has 0 unspecified atom stereocenters. The fourth-order valence-electron chi connectivity index (χ4n) is 3.87. The summed E-state index contributed by atoms with van der Waals surface area (Å²) in [6, 6.07) is 24.0. The quantitative estimate of drug-likeness (QED) is 0.601. The Morgan fingerprint density at radius 2 is 1.48 bits per heavy atom. The van der Waals surface area contributed by atoms with Crippen molar-refractivity contribution in [2.45, 2.75) is 18.8 Å². The summed E-state index contributed by atoms with van der Waals surface area (Å²) in [7, 11) is 0.